The zero-order valence-corrected chi connectivity index (χ0v) is 13.2. The van der Waals surface area contributed by atoms with Crippen LogP contribution in [0.15, 0.2) is 4.42 Å². The van der Waals surface area contributed by atoms with Crippen LogP contribution in [0.2, 0.25) is 0 Å². The molecule has 0 spiro atoms. The minimum absolute atomic E-state index is 0.119. The lowest BCUT2D eigenvalue weighted by Crippen LogP contribution is -2.39. The number of anilines is 1. The van der Waals surface area contributed by atoms with Crippen LogP contribution in [-0.4, -0.2) is 29.8 Å². The summed E-state index contributed by atoms with van der Waals surface area (Å²) in [6.45, 7) is 7.50. The molecule has 1 aromatic rings. The lowest BCUT2D eigenvalue weighted by molar-refractivity contribution is 0.307. The molecule has 0 radical (unpaired) electrons. The summed E-state index contributed by atoms with van der Waals surface area (Å²) in [7, 11) is 2.08. The highest BCUT2D eigenvalue weighted by Gasteiger charge is 2.28. The van der Waals surface area contributed by atoms with Crippen LogP contribution in [0, 0.1) is 5.92 Å². The highest BCUT2D eigenvalue weighted by atomic mass is 16.4. The van der Waals surface area contributed by atoms with Crippen molar-refractivity contribution in [2.75, 3.05) is 18.5 Å². The number of hydrogen-bond donors (Lipinski definition) is 1. The molecular weight excluding hydrogens is 252 g/mol. The van der Waals surface area contributed by atoms with E-state index in [0.717, 1.165) is 13.0 Å². The first kappa shape index (κ1) is 15.3. The van der Waals surface area contributed by atoms with E-state index in [2.05, 4.69) is 48.2 Å². The molecule has 0 bridgehead atoms. The van der Waals surface area contributed by atoms with E-state index in [1.807, 2.05) is 0 Å². The van der Waals surface area contributed by atoms with E-state index in [0.29, 0.717) is 23.9 Å². The van der Waals surface area contributed by atoms with Gasteiger partial charge in [-0.2, -0.15) is 0 Å². The molecule has 0 aromatic carbocycles. The molecule has 0 aliphatic heterocycles. The van der Waals surface area contributed by atoms with E-state index in [9.17, 15) is 0 Å². The topological polar surface area (TPSA) is 54.2 Å². The van der Waals surface area contributed by atoms with E-state index in [1.165, 1.54) is 25.7 Å². The van der Waals surface area contributed by atoms with Crippen molar-refractivity contribution in [2.45, 2.75) is 65.0 Å². The molecule has 20 heavy (non-hydrogen) atoms. The van der Waals surface area contributed by atoms with Gasteiger partial charge in [-0.25, -0.2) is 0 Å². The van der Waals surface area contributed by atoms with Crippen molar-refractivity contribution in [2.24, 2.45) is 5.92 Å². The largest absolute Gasteiger partial charge is 0.406 e. The van der Waals surface area contributed by atoms with Gasteiger partial charge >= 0.3 is 6.01 Å². The summed E-state index contributed by atoms with van der Waals surface area (Å²) in [5.74, 6) is 1.38. The highest BCUT2D eigenvalue weighted by molar-refractivity contribution is 5.25. The fraction of sp³-hybridized carbons (Fsp3) is 0.867. The van der Waals surface area contributed by atoms with Crippen molar-refractivity contribution in [1.82, 2.24) is 15.5 Å². The third kappa shape index (κ3) is 3.51. The second-order valence-corrected chi connectivity index (χ2v) is 6.04. The van der Waals surface area contributed by atoms with Gasteiger partial charge in [-0.1, -0.05) is 31.8 Å². The van der Waals surface area contributed by atoms with Crippen LogP contribution in [0.4, 0.5) is 6.01 Å². The Morgan fingerprint density at radius 3 is 2.80 bits per heavy atom. The molecule has 1 saturated carbocycles. The van der Waals surface area contributed by atoms with Gasteiger partial charge in [-0.15, -0.1) is 5.10 Å². The Kier molecular flexibility index (Phi) is 5.40. The van der Waals surface area contributed by atoms with E-state index in [-0.39, 0.29) is 6.04 Å². The number of rotatable bonds is 6. The molecule has 5 nitrogen and oxygen atoms in total. The van der Waals surface area contributed by atoms with E-state index >= 15 is 0 Å². The number of nitrogens with zero attached hydrogens (tertiary/aromatic N) is 3. The maximum absolute atomic E-state index is 5.85. The van der Waals surface area contributed by atoms with E-state index in [4.69, 9.17) is 4.42 Å². The maximum atomic E-state index is 5.85. The minimum Gasteiger partial charge on any atom is -0.406 e. The molecule has 1 aromatic heterocycles. The predicted octanol–water partition coefficient (Wildman–Crippen LogP) is 3.15. The van der Waals surface area contributed by atoms with Gasteiger partial charge in [-0.3, -0.25) is 0 Å². The first-order chi connectivity index (χ1) is 9.63. The highest BCUT2D eigenvalue weighted by Crippen LogP contribution is 2.30. The van der Waals surface area contributed by atoms with Gasteiger partial charge in [-0.05, 0) is 38.6 Å². The van der Waals surface area contributed by atoms with Gasteiger partial charge < -0.3 is 14.6 Å². The zero-order valence-electron chi connectivity index (χ0n) is 13.2. The van der Waals surface area contributed by atoms with Crippen LogP contribution >= 0.6 is 0 Å². The van der Waals surface area contributed by atoms with Gasteiger partial charge in [0.2, 0.25) is 5.89 Å². The Labute approximate surface area is 122 Å². The van der Waals surface area contributed by atoms with Crippen LogP contribution in [0.5, 0.6) is 0 Å². The molecule has 1 heterocycles. The smallest absolute Gasteiger partial charge is 0.318 e. The van der Waals surface area contributed by atoms with Crippen LogP contribution in [0.25, 0.3) is 0 Å². The van der Waals surface area contributed by atoms with Crippen LogP contribution in [0.1, 0.15) is 64.8 Å². The van der Waals surface area contributed by atoms with Gasteiger partial charge in [0.1, 0.15) is 0 Å². The Morgan fingerprint density at radius 2 is 2.10 bits per heavy atom. The summed E-state index contributed by atoms with van der Waals surface area (Å²) in [6.07, 6.45) is 6.27. The SMILES string of the molecule is CCCNC(C)c1nnc(N(C)C2CCCCC2C)o1. The lowest BCUT2D eigenvalue weighted by atomic mass is 9.85. The molecule has 1 aliphatic rings. The van der Waals surface area contributed by atoms with Crippen molar-refractivity contribution in [3.05, 3.63) is 5.89 Å². The standard InChI is InChI=1S/C15H28N4O/c1-5-10-16-12(3)14-17-18-15(20-14)19(4)13-9-7-6-8-11(13)2/h11-13,16H,5-10H2,1-4H3. The Balaban J connectivity index is 2.00. The zero-order chi connectivity index (χ0) is 14.5. The average Bonchev–Trinajstić information content (AvgIpc) is 2.94. The van der Waals surface area contributed by atoms with E-state index < -0.39 is 0 Å². The third-order valence-electron chi connectivity index (χ3n) is 4.37. The van der Waals surface area contributed by atoms with Crippen molar-refractivity contribution in [1.29, 1.82) is 0 Å². The molecule has 1 N–H and O–H groups in total. The monoisotopic (exact) mass is 280 g/mol. The van der Waals surface area contributed by atoms with Crippen LogP contribution in [-0.2, 0) is 0 Å². The Bertz CT molecular complexity index is 406. The molecule has 3 unspecified atom stereocenters. The number of hydrogen-bond acceptors (Lipinski definition) is 5. The summed E-state index contributed by atoms with van der Waals surface area (Å²) >= 11 is 0. The molecule has 0 saturated heterocycles. The molecule has 5 heteroatoms. The molecule has 3 atom stereocenters. The first-order valence-corrected chi connectivity index (χ1v) is 7.93. The summed E-state index contributed by atoms with van der Waals surface area (Å²) in [5.41, 5.74) is 0. The molecule has 1 fully saturated rings. The average molecular weight is 280 g/mol. The fourth-order valence-electron chi connectivity index (χ4n) is 3.01. The summed E-state index contributed by atoms with van der Waals surface area (Å²) in [5, 5.41) is 11.8. The van der Waals surface area contributed by atoms with Crippen molar-refractivity contribution >= 4 is 6.01 Å². The Morgan fingerprint density at radius 1 is 1.35 bits per heavy atom. The van der Waals surface area contributed by atoms with Crippen LogP contribution in [0.3, 0.4) is 0 Å². The molecule has 2 rings (SSSR count). The normalized spacial score (nSPS) is 24.6. The van der Waals surface area contributed by atoms with E-state index in [1.54, 1.807) is 0 Å². The molecule has 1 aliphatic carbocycles. The summed E-state index contributed by atoms with van der Waals surface area (Å²) in [4.78, 5) is 2.17. The van der Waals surface area contributed by atoms with Crippen molar-refractivity contribution in [3.63, 3.8) is 0 Å². The fourth-order valence-corrected chi connectivity index (χ4v) is 3.01. The quantitative estimate of drug-likeness (QED) is 0.867. The minimum atomic E-state index is 0.119. The molecule has 114 valence electrons. The maximum Gasteiger partial charge on any atom is 0.318 e. The lowest BCUT2D eigenvalue weighted by Gasteiger charge is -2.35. The van der Waals surface area contributed by atoms with Crippen LogP contribution < -0.4 is 10.2 Å². The number of aromatic nitrogens is 2. The van der Waals surface area contributed by atoms with Gasteiger partial charge in [0.25, 0.3) is 0 Å². The van der Waals surface area contributed by atoms with Crippen molar-refractivity contribution < 1.29 is 4.42 Å². The van der Waals surface area contributed by atoms with Gasteiger partial charge in [0.15, 0.2) is 0 Å². The predicted molar refractivity (Wildman–Crippen MR) is 80.8 cm³/mol. The molecule has 0 amide bonds. The summed E-state index contributed by atoms with van der Waals surface area (Å²) < 4.78 is 5.85. The van der Waals surface area contributed by atoms with Crippen molar-refractivity contribution in [3.8, 4) is 0 Å². The number of nitrogens with one attached hydrogen (secondary N) is 1. The third-order valence-corrected chi connectivity index (χ3v) is 4.37. The Hall–Kier alpha value is -1.10. The summed E-state index contributed by atoms with van der Waals surface area (Å²) in [6, 6.07) is 1.30. The second kappa shape index (κ2) is 7.07. The first-order valence-electron chi connectivity index (χ1n) is 7.93. The van der Waals surface area contributed by atoms with Gasteiger partial charge in [0.05, 0.1) is 6.04 Å². The van der Waals surface area contributed by atoms with Gasteiger partial charge in [0, 0.05) is 13.1 Å². The molecular formula is C15H28N4O. The second-order valence-electron chi connectivity index (χ2n) is 6.04.